The van der Waals surface area contributed by atoms with Crippen LogP contribution in [0.4, 0.5) is 0 Å². The van der Waals surface area contributed by atoms with Gasteiger partial charge in [0.25, 0.3) is 0 Å². The first-order valence-corrected chi connectivity index (χ1v) is 7.89. The van der Waals surface area contributed by atoms with Crippen LogP contribution in [0.5, 0.6) is 0 Å². The van der Waals surface area contributed by atoms with Crippen molar-refractivity contribution in [2.75, 3.05) is 6.54 Å². The predicted octanol–water partition coefficient (Wildman–Crippen LogP) is 3.25. The Morgan fingerprint density at radius 1 is 1.10 bits per heavy atom. The van der Waals surface area contributed by atoms with E-state index in [1.54, 1.807) is 6.92 Å². The Bertz CT molecular complexity index is 528. The molecule has 2 rings (SSSR count). The quantitative estimate of drug-likeness (QED) is 0.733. The van der Waals surface area contributed by atoms with Crippen LogP contribution in [0.2, 0.25) is 0 Å². The van der Waals surface area contributed by atoms with Gasteiger partial charge in [-0.1, -0.05) is 37.6 Å². The minimum absolute atomic E-state index is 0.427. The van der Waals surface area contributed by atoms with Gasteiger partial charge in [-0.3, -0.25) is 0 Å². The van der Waals surface area contributed by atoms with Gasteiger partial charge >= 0.3 is 0 Å². The minimum atomic E-state index is -0.427. The molecule has 1 heterocycles. The Kier molecular flexibility index (Phi) is 6.03. The van der Waals surface area contributed by atoms with Gasteiger partial charge in [0, 0.05) is 5.56 Å². The van der Waals surface area contributed by atoms with Crippen LogP contribution in [0.15, 0.2) is 40.8 Å². The molecule has 0 spiro atoms. The van der Waals surface area contributed by atoms with E-state index in [4.69, 9.17) is 4.42 Å². The molecule has 3 heteroatoms. The van der Waals surface area contributed by atoms with E-state index in [0.717, 1.165) is 35.7 Å². The summed E-state index contributed by atoms with van der Waals surface area (Å²) in [6.45, 7) is 6.05. The first kappa shape index (κ1) is 15.8. The summed E-state index contributed by atoms with van der Waals surface area (Å²) in [6.07, 6.45) is 3.41. The van der Waals surface area contributed by atoms with Crippen LogP contribution >= 0.6 is 0 Å². The highest BCUT2D eigenvalue weighted by molar-refractivity contribution is 5.58. The van der Waals surface area contributed by atoms with E-state index in [1.165, 1.54) is 19.3 Å². The maximum atomic E-state index is 9.52. The van der Waals surface area contributed by atoms with Gasteiger partial charge in [0.1, 0.15) is 12.3 Å². The molecule has 0 aliphatic carbocycles. The zero-order valence-corrected chi connectivity index (χ0v) is 13.0. The maximum absolute atomic E-state index is 9.52. The Balaban J connectivity index is 1.90. The summed E-state index contributed by atoms with van der Waals surface area (Å²) >= 11 is 0. The van der Waals surface area contributed by atoms with Crippen molar-refractivity contribution in [1.29, 1.82) is 0 Å². The molecule has 0 saturated carbocycles. The van der Waals surface area contributed by atoms with Crippen LogP contribution in [0, 0.1) is 0 Å². The van der Waals surface area contributed by atoms with Crippen molar-refractivity contribution in [3.8, 4) is 11.3 Å². The molecule has 2 aromatic rings. The van der Waals surface area contributed by atoms with Crippen LogP contribution in [0.3, 0.4) is 0 Å². The third-order valence-corrected chi connectivity index (χ3v) is 3.70. The fourth-order valence-corrected chi connectivity index (χ4v) is 2.35. The molecule has 3 nitrogen and oxygen atoms in total. The number of furan rings is 1. The smallest absolute Gasteiger partial charge is 0.158 e. The lowest BCUT2D eigenvalue weighted by Gasteiger charge is -2.04. The Hall–Kier alpha value is -1.58. The molecule has 0 amide bonds. The minimum Gasteiger partial charge on any atom is -0.455 e. The molecule has 0 unspecified atom stereocenters. The molecule has 0 fully saturated rings. The van der Waals surface area contributed by atoms with Gasteiger partial charge in [0.15, 0.2) is 5.76 Å². The summed E-state index contributed by atoms with van der Waals surface area (Å²) < 4.78 is 5.88. The second kappa shape index (κ2) is 8.01. The molecular weight excluding hydrogens is 262 g/mol. The summed E-state index contributed by atoms with van der Waals surface area (Å²) in [4.78, 5) is 0. The third-order valence-electron chi connectivity index (χ3n) is 3.70. The molecule has 0 radical (unpaired) electrons. The normalized spacial score (nSPS) is 12.5. The molecule has 1 aromatic carbocycles. The van der Waals surface area contributed by atoms with Crippen molar-refractivity contribution in [3.05, 3.63) is 47.7 Å². The zero-order chi connectivity index (χ0) is 15.1. The molecule has 0 aliphatic rings. The predicted molar refractivity (Wildman–Crippen MR) is 84.8 cm³/mol. The molecule has 1 aromatic heterocycles. The van der Waals surface area contributed by atoms with Crippen molar-refractivity contribution in [2.45, 2.75) is 45.8 Å². The van der Waals surface area contributed by atoms with E-state index in [2.05, 4.69) is 12.2 Å². The second-order valence-electron chi connectivity index (χ2n) is 5.55. The summed E-state index contributed by atoms with van der Waals surface area (Å²) in [6, 6.07) is 11.9. The van der Waals surface area contributed by atoms with Crippen LogP contribution in [-0.2, 0) is 6.54 Å². The first-order chi connectivity index (χ1) is 10.2. The van der Waals surface area contributed by atoms with Crippen LogP contribution in [0.25, 0.3) is 11.3 Å². The summed E-state index contributed by atoms with van der Waals surface area (Å²) in [5.41, 5.74) is 1.98. The van der Waals surface area contributed by atoms with E-state index in [-0.39, 0.29) is 0 Å². The fraction of sp³-hybridized carbons (Fsp3) is 0.444. The summed E-state index contributed by atoms with van der Waals surface area (Å²) in [5, 5.41) is 11.8. The van der Waals surface area contributed by atoms with Gasteiger partial charge in [-0.15, -0.1) is 0 Å². The zero-order valence-electron chi connectivity index (χ0n) is 13.0. The largest absolute Gasteiger partial charge is 0.455 e. The van der Waals surface area contributed by atoms with Gasteiger partial charge in [-0.2, -0.15) is 0 Å². The monoisotopic (exact) mass is 288 g/mol. The Morgan fingerprint density at radius 3 is 2.52 bits per heavy atom. The van der Waals surface area contributed by atoms with Gasteiger partial charge in [0.05, 0.1) is 12.6 Å². The Labute approximate surface area is 127 Å². The Morgan fingerprint density at radius 2 is 1.86 bits per heavy atom. The number of rotatable bonds is 8. The highest BCUT2D eigenvalue weighted by Gasteiger charge is 2.07. The van der Waals surface area contributed by atoms with E-state index in [1.807, 2.05) is 36.4 Å². The van der Waals surface area contributed by atoms with E-state index in [9.17, 15) is 5.11 Å². The summed E-state index contributed by atoms with van der Waals surface area (Å²) in [7, 11) is 0. The lowest BCUT2D eigenvalue weighted by atomic mass is 10.1. The molecule has 0 aliphatic heterocycles. The number of hydrogen-bond acceptors (Lipinski definition) is 2. The number of benzene rings is 1. The molecule has 0 bridgehead atoms. The lowest BCUT2D eigenvalue weighted by Crippen LogP contribution is -2.82. The SMILES string of the molecule is CCCCC[NH2+]Cc1ccc(-c2ccc([C@H](C)O)cc2)o1. The van der Waals surface area contributed by atoms with Crippen molar-refractivity contribution in [2.24, 2.45) is 0 Å². The molecule has 114 valence electrons. The van der Waals surface area contributed by atoms with Crippen molar-refractivity contribution in [1.82, 2.24) is 0 Å². The van der Waals surface area contributed by atoms with Gasteiger partial charge in [-0.05, 0) is 37.5 Å². The highest BCUT2D eigenvalue weighted by Crippen LogP contribution is 2.23. The molecule has 21 heavy (non-hydrogen) atoms. The number of aliphatic hydroxyl groups excluding tert-OH is 1. The van der Waals surface area contributed by atoms with Crippen molar-refractivity contribution in [3.63, 3.8) is 0 Å². The molecule has 3 N–H and O–H groups in total. The average molecular weight is 288 g/mol. The molecular formula is C18H26NO2+. The number of nitrogens with two attached hydrogens (primary N) is 1. The number of unbranched alkanes of at least 4 members (excludes halogenated alkanes) is 2. The van der Waals surface area contributed by atoms with Crippen LogP contribution in [0.1, 0.15) is 50.5 Å². The number of aliphatic hydroxyl groups is 1. The van der Waals surface area contributed by atoms with Crippen molar-refractivity contribution < 1.29 is 14.8 Å². The van der Waals surface area contributed by atoms with Crippen LogP contribution < -0.4 is 5.32 Å². The van der Waals surface area contributed by atoms with E-state index in [0.29, 0.717) is 0 Å². The van der Waals surface area contributed by atoms with Gasteiger partial charge in [-0.25, -0.2) is 0 Å². The second-order valence-corrected chi connectivity index (χ2v) is 5.55. The van der Waals surface area contributed by atoms with Crippen LogP contribution in [-0.4, -0.2) is 11.7 Å². The maximum Gasteiger partial charge on any atom is 0.158 e. The molecule has 0 saturated heterocycles. The number of hydrogen-bond donors (Lipinski definition) is 2. The van der Waals surface area contributed by atoms with E-state index < -0.39 is 6.10 Å². The third kappa shape index (κ3) is 4.73. The topological polar surface area (TPSA) is 50.0 Å². The first-order valence-electron chi connectivity index (χ1n) is 7.89. The molecule has 1 atom stereocenters. The van der Waals surface area contributed by atoms with Crippen molar-refractivity contribution >= 4 is 0 Å². The average Bonchev–Trinajstić information content (AvgIpc) is 2.96. The fourth-order valence-electron chi connectivity index (χ4n) is 2.35. The summed E-state index contributed by atoms with van der Waals surface area (Å²) in [5.74, 6) is 1.91. The van der Waals surface area contributed by atoms with E-state index >= 15 is 0 Å². The standard InChI is InChI=1S/C18H25NO2/c1-3-4-5-12-19-13-17-10-11-18(21-17)16-8-6-15(7-9-16)14(2)20/h6-11,14,19-20H,3-5,12-13H2,1-2H3/p+1/t14-/m0/s1. The number of quaternary nitrogens is 1. The van der Waals surface area contributed by atoms with Gasteiger partial charge < -0.3 is 14.8 Å². The van der Waals surface area contributed by atoms with Gasteiger partial charge in [0.2, 0.25) is 0 Å². The lowest BCUT2D eigenvalue weighted by molar-refractivity contribution is -0.672. The highest BCUT2D eigenvalue weighted by atomic mass is 16.3.